The molecule has 1 saturated heterocycles. The zero-order valence-electron chi connectivity index (χ0n) is 19.6. The number of anilines is 1. The third-order valence-corrected chi connectivity index (χ3v) is 6.51. The fourth-order valence-corrected chi connectivity index (χ4v) is 4.86. The van der Waals surface area contributed by atoms with Crippen molar-refractivity contribution >= 4 is 29.0 Å². The highest BCUT2D eigenvalue weighted by molar-refractivity contribution is 6.33. The Kier molecular flexibility index (Phi) is 6.47. The Labute approximate surface area is 212 Å². The van der Waals surface area contributed by atoms with E-state index in [1.807, 2.05) is 17.4 Å². The number of allylic oxidation sites excluding steroid dienone is 1. The highest BCUT2D eigenvalue weighted by atomic mass is 35.5. The number of benzene rings is 1. The first-order valence-corrected chi connectivity index (χ1v) is 12.0. The Morgan fingerprint density at radius 1 is 1.22 bits per heavy atom. The molecule has 1 aromatic carbocycles. The maximum absolute atomic E-state index is 11.2. The molecule has 0 saturated carbocycles. The lowest BCUT2D eigenvalue weighted by Gasteiger charge is -2.31. The van der Waals surface area contributed by atoms with E-state index in [0.717, 1.165) is 37.1 Å². The summed E-state index contributed by atoms with van der Waals surface area (Å²) in [6.07, 6.45) is 9.36. The van der Waals surface area contributed by atoms with Crippen LogP contribution in [0.5, 0.6) is 11.6 Å². The number of nitrogen functional groups attached to an aromatic ring is 1. The van der Waals surface area contributed by atoms with Gasteiger partial charge in [0.05, 0.1) is 21.8 Å². The van der Waals surface area contributed by atoms with Gasteiger partial charge in [-0.3, -0.25) is 4.40 Å². The second kappa shape index (κ2) is 9.87. The highest BCUT2D eigenvalue weighted by Crippen LogP contribution is 2.37. The Balaban J connectivity index is 1.51. The van der Waals surface area contributed by atoms with Crippen LogP contribution in [0.1, 0.15) is 41.7 Å². The van der Waals surface area contributed by atoms with Crippen LogP contribution in [0.15, 0.2) is 61.1 Å². The summed E-state index contributed by atoms with van der Waals surface area (Å²) in [6, 6.07) is 9.87. The number of nitrogens with zero attached hydrogens (tertiary/aromatic N) is 5. The van der Waals surface area contributed by atoms with Crippen LogP contribution in [0.25, 0.3) is 16.9 Å². The first kappa shape index (κ1) is 23.6. The van der Waals surface area contributed by atoms with E-state index in [2.05, 4.69) is 27.1 Å². The molecule has 0 amide bonds. The predicted molar refractivity (Wildman–Crippen MR) is 137 cm³/mol. The molecule has 0 bridgehead atoms. The van der Waals surface area contributed by atoms with Crippen LogP contribution in [-0.2, 0) is 0 Å². The third-order valence-electron chi connectivity index (χ3n) is 6.19. The monoisotopic (exact) mass is 504 g/mol. The second-order valence-corrected chi connectivity index (χ2v) is 9.00. The molecule has 1 unspecified atom stereocenters. The Bertz CT molecular complexity index is 1470. The van der Waals surface area contributed by atoms with Crippen molar-refractivity contribution in [2.75, 3.05) is 18.8 Å². The van der Waals surface area contributed by atoms with Crippen molar-refractivity contribution in [1.82, 2.24) is 24.3 Å². The van der Waals surface area contributed by atoms with Gasteiger partial charge in [-0.15, -0.1) is 0 Å². The number of fused-ring (bicyclic) bond motifs is 1. The number of carbonyl (C=O) groups is 1. The molecule has 10 heteroatoms. The minimum Gasteiger partial charge on any atom is -0.478 e. The molecular weight excluding hydrogens is 480 g/mol. The van der Waals surface area contributed by atoms with Crippen molar-refractivity contribution in [3.8, 4) is 23.0 Å². The number of nitrogens with two attached hydrogens (primary N) is 1. The Morgan fingerprint density at radius 2 is 2.06 bits per heavy atom. The van der Waals surface area contributed by atoms with Gasteiger partial charge < -0.3 is 20.5 Å². The lowest BCUT2D eigenvalue weighted by molar-refractivity contribution is 0.0696. The van der Waals surface area contributed by atoms with E-state index in [1.165, 1.54) is 18.3 Å². The summed E-state index contributed by atoms with van der Waals surface area (Å²) < 4.78 is 7.59. The molecule has 1 aliphatic heterocycles. The first-order valence-electron chi connectivity index (χ1n) is 11.6. The molecule has 4 aromatic rings. The lowest BCUT2D eigenvalue weighted by atomic mass is 9.94. The molecular formula is C26H25ClN6O3. The topological polar surface area (TPSA) is 119 Å². The molecule has 1 atom stereocenters. The van der Waals surface area contributed by atoms with Crippen LogP contribution in [-0.4, -0.2) is 48.4 Å². The number of pyridine rings is 1. The van der Waals surface area contributed by atoms with Crippen LogP contribution in [0, 0.1) is 0 Å². The number of hydrogen-bond donors (Lipinski definition) is 2. The van der Waals surface area contributed by atoms with Crippen molar-refractivity contribution in [3.63, 3.8) is 0 Å². The van der Waals surface area contributed by atoms with Crippen LogP contribution in [0.2, 0.25) is 5.02 Å². The number of hydrogen-bond acceptors (Lipinski definition) is 7. The first-order chi connectivity index (χ1) is 17.4. The summed E-state index contributed by atoms with van der Waals surface area (Å²) in [5.41, 5.74) is 8.94. The van der Waals surface area contributed by atoms with Gasteiger partial charge in [-0.25, -0.2) is 19.7 Å². The van der Waals surface area contributed by atoms with Gasteiger partial charge in [-0.1, -0.05) is 17.7 Å². The van der Waals surface area contributed by atoms with Crippen LogP contribution in [0.4, 0.5) is 5.95 Å². The second-order valence-electron chi connectivity index (χ2n) is 8.59. The summed E-state index contributed by atoms with van der Waals surface area (Å²) in [5, 5.41) is 9.60. The predicted octanol–water partition coefficient (Wildman–Crippen LogP) is 5.23. The Morgan fingerprint density at radius 3 is 2.83 bits per heavy atom. The number of aromatic carboxylic acids is 1. The molecule has 3 N–H and O–H groups in total. The molecule has 4 heterocycles. The number of ether oxygens (including phenoxy) is 1. The largest absolute Gasteiger partial charge is 0.478 e. The van der Waals surface area contributed by atoms with E-state index in [0.29, 0.717) is 28.1 Å². The number of likely N-dealkylation sites (tertiary alicyclic amines) is 1. The van der Waals surface area contributed by atoms with Gasteiger partial charge in [0.25, 0.3) is 0 Å². The number of carboxylic acids is 1. The van der Waals surface area contributed by atoms with E-state index in [-0.39, 0.29) is 17.4 Å². The molecule has 0 spiro atoms. The summed E-state index contributed by atoms with van der Waals surface area (Å²) in [6.45, 7) is 3.93. The van der Waals surface area contributed by atoms with Crippen molar-refractivity contribution < 1.29 is 14.6 Å². The zero-order valence-corrected chi connectivity index (χ0v) is 20.4. The number of imidazole rings is 1. The molecule has 3 aromatic heterocycles. The van der Waals surface area contributed by atoms with Gasteiger partial charge in [0, 0.05) is 49.1 Å². The summed E-state index contributed by atoms with van der Waals surface area (Å²) in [5.74, 6) is 0.693. The molecule has 5 rings (SSSR count). The molecule has 1 fully saturated rings. The fraction of sp³-hybridized carbons (Fsp3) is 0.231. The van der Waals surface area contributed by atoms with Gasteiger partial charge in [0.2, 0.25) is 11.8 Å². The number of rotatable bonds is 6. The quantitative estimate of drug-likeness (QED) is 0.366. The molecule has 36 heavy (non-hydrogen) atoms. The fourth-order valence-electron chi connectivity index (χ4n) is 4.60. The molecule has 1 aliphatic rings. The maximum atomic E-state index is 11.2. The standard InChI is InChI=1S/C26H25ClN6O3/c1-2-11-32-12-3-4-17(15-32)23-21-8-10-30-26(28)33(21)24(31-23)19-6-5-18(14-20(19)27)36-22-13-16(25(34)35)7-9-29-22/h2,5-11,13-14,17H,3-4,12,15H2,1H3,(H2,28,30)(H,34,35). The lowest BCUT2D eigenvalue weighted by Crippen LogP contribution is -2.30. The van der Waals surface area contributed by atoms with Crippen molar-refractivity contribution in [2.45, 2.75) is 25.7 Å². The van der Waals surface area contributed by atoms with Crippen LogP contribution in [0.3, 0.4) is 0 Å². The third kappa shape index (κ3) is 4.57. The van der Waals surface area contributed by atoms with Crippen molar-refractivity contribution in [2.24, 2.45) is 0 Å². The summed E-state index contributed by atoms with van der Waals surface area (Å²) in [7, 11) is 0. The number of carboxylic acid groups (broad SMARTS) is 1. The SMILES string of the molecule is CC=CN1CCCC(c2nc(-c3ccc(Oc4cc(C(=O)O)ccn4)cc3Cl)n3c(N)nccc23)C1. The van der Waals surface area contributed by atoms with E-state index < -0.39 is 5.97 Å². The molecule has 184 valence electrons. The average Bonchev–Trinajstić information content (AvgIpc) is 3.25. The highest BCUT2D eigenvalue weighted by Gasteiger charge is 2.26. The summed E-state index contributed by atoms with van der Waals surface area (Å²) >= 11 is 6.70. The zero-order chi connectivity index (χ0) is 25.2. The van der Waals surface area contributed by atoms with E-state index in [4.69, 9.17) is 27.1 Å². The molecule has 0 aliphatic carbocycles. The summed E-state index contributed by atoms with van der Waals surface area (Å²) in [4.78, 5) is 26.9. The smallest absolute Gasteiger partial charge is 0.335 e. The minimum atomic E-state index is -1.06. The normalized spacial score (nSPS) is 16.1. The van der Waals surface area contributed by atoms with Gasteiger partial charge >= 0.3 is 5.97 Å². The number of piperidine rings is 1. The van der Waals surface area contributed by atoms with Gasteiger partial charge in [0.1, 0.15) is 11.6 Å². The average molecular weight is 505 g/mol. The molecule has 0 radical (unpaired) electrons. The van der Waals surface area contributed by atoms with E-state index >= 15 is 0 Å². The van der Waals surface area contributed by atoms with Crippen LogP contribution >= 0.6 is 11.6 Å². The Hall–Kier alpha value is -4.11. The van der Waals surface area contributed by atoms with Gasteiger partial charge in [-0.05, 0) is 50.2 Å². The maximum Gasteiger partial charge on any atom is 0.335 e. The van der Waals surface area contributed by atoms with Crippen molar-refractivity contribution in [1.29, 1.82) is 0 Å². The number of halogens is 1. The van der Waals surface area contributed by atoms with Crippen molar-refractivity contribution in [3.05, 3.63) is 77.3 Å². The van der Waals surface area contributed by atoms with Crippen LogP contribution < -0.4 is 10.5 Å². The molecule has 9 nitrogen and oxygen atoms in total. The van der Waals surface area contributed by atoms with Gasteiger partial charge in [-0.2, -0.15) is 0 Å². The minimum absolute atomic E-state index is 0.0813. The van der Waals surface area contributed by atoms with E-state index in [9.17, 15) is 9.90 Å². The number of aromatic nitrogens is 4. The van der Waals surface area contributed by atoms with E-state index in [1.54, 1.807) is 24.4 Å². The van der Waals surface area contributed by atoms with Gasteiger partial charge in [0.15, 0.2) is 0 Å².